The molecule has 5 aliphatic carbocycles. The van der Waals surface area contributed by atoms with Crippen LogP contribution in [0.4, 0.5) is 13.2 Å². The third kappa shape index (κ3) is 4.15. The van der Waals surface area contributed by atoms with E-state index in [4.69, 9.17) is 6.57 Å². The van der Waals surface area contributed by atoms with Crippen molar-refractivity contribution in [1.82, 2.24) is 5.32 Å². The van der Waals surface area contributed by atoms with Gasteiger partial charge in [0.25, 0.3) is 6.04 Å². The molecule has 5 aliphatic rings. The summed E-state index contributed by atoms with van der Waals surface area (Å²) in [6, 6.07) is -0.655. The standard InChI is InChI=1S/C33H49F3N2O2/c1-27(2)11-13-32(18-38-19-33(34,35)36)14-12-31(7)25(20(32)16-27)22(39)15-24-29(5)17-21(37-8)26(40)28(3,4)23(29)9-10-30(24,31)6/h20-21,23-25,38H,9-19H2,1-7H3/t20-,21?,23-,24+,25-,29-,30+,31+,32+/m0/s1. The Labute approximate surface area is 238 Å². The number of fused-ring (bicyclic) bond motifs is 7. The summed E-state index contributed by atoms with van der Waals surface area (Å²) >= 11 is 0. The lowest BCUT2D eigenvalue weighted by atomic mass is 9.31. The van der Waals surface area contributed by atoms with E-state index in [2.05, 4.69) is 44.8 Å². The number of alkyl halides is 3. The van der Waals surface area contributed by atoms with Gasteiger partial charge in [0, 0.05) is 30.7 Å². The van der Waals surface area contributed by atoms with E-state index >= 15 is 0 Å². The summed E-state index contributed by atoms with van der Waals surface area (Å²) in [7, 11) is 0. The van der Waals surface area contributed by atoms with Crippen molar-refractivity contribution in [3.63, 3.8) is 0 Å². The summed E-state index contributed by atoms with van der Waals surface area (Å²) in [5.74, 6) is 0.467. The summed E-state index contributed by atoms with van der Waals surface area (Å²) in [6.45, 7) is 22.7. The lowest BCUT2D eigenvalue weighted by Gasteiger charge is -2.72. The monoisotopic (exact) mass is 562 g/mol. The molecule has 5 fully saturated rings. The minimum Gasteiger partial charge on any atom is -0.308 e. The molecular formula is C33H49F3N2O2. The van der Waals surface area contributed by atoms with Gasteiger partial charge in [-0.3, -0.25) is 9.59 Å². The highest BCUT2D eigenvalue weighted by atomic mass is 19.4. The SMILES string of the molecule is [C-]#[N+]C1C[C@]2(C)[C@H]3CC(=O)[C@@H]4[C@@H]5CC(C)(C)CC[C@]5(CNCC(F)(F)F)CC[C@@]4(C)[C@]3(C)CC[C@H]2C(C)(C)C1=O. The van der Waals surface area contributed by atoms with Crippen LogP contribution < -0.4 is 5.32 Å². The number of ketones is 2. The zero-order chi connectivity index (χ0) is 29.7. The molecule has 0 bridgehead atoms. The molecule has 1 unspecified atom stereocenters. The Morgan fingerprint density at radius 2 is 1.55 bits per heavy atom. The van der Waals surface area contributed by atoms with Crippen molar-refractivity contribution in [3.05, 3.63) is 11.4 Å². The van der Waals surface area contributed by atoms with Crippen molar-refractivity contribution in [2.24, 2.45) is 56.2 Å². The van der Waals surface area contributed by atoms with Gasteiger partial charge in [-0.05, 0) is 89.8 Å². The molecule has 40 heavy (non-hydrogen) atoms. The number of hydrogen-bond acceptors (Lipinski definition) is 3. The smallest absolute Gasteiger partial charge is 0.308 e. The molecule has 0 spiro atoms. The van der Waals surface area contributed by atoms with Gasteiger partial charge in [0.2, 0.25) is 5.78 Å². The number of carbonyl (C=O) groups excluding carboxylic acids is 2. The van der Waals surface area contributed by atoms with Gasteiger partial charge in [0.05, 0.1) is 6.54 Å². The molecule has 0 aromatic heterocycles. The third-order valence-corrected chi connectivity index (χ3v) is 13.9. The Bertz CT molecular complexity index is 1120. The summed E-state index contributed by atoms with van der Waals surface area (Å²) in [6.07, 6.45) is 2.98. The van der Waals surface area contributed by atoms with E-state index in [-0.39, 0.29) is 62.3 Å². The highest BCUT2D eigenvalue weighted by molar-refractivity contribution is 5.92. The largest absolute Gasteiger partial charge is 0.401 e. The normalized spacial score (nSPS) is 47.8. The summed E-state index contributed by atoms with van der Waals surface area (Å²) in [4.78, 5) is 31.6. The molecule has 0 aliphatic heterocycles. The molecule has 0 amide bonds. The zero-order valence-electron chi connectivity index (χ0n) is 25.6. The number of nitrogens with zero attached hydrogens (tertiary/aromatic N) is 1. The Morgan fingerprint density at radius 3 is 2.17 bits per heavy atom. The number of halogens is 3. The minimum atomic E-state index is -4.25. The highest BCUT2D eigenvalue weighted by Crippen LogP contribution is 2.76. The molecule has 4 nitrogen and oxygen atoms in total. The maximum atomic E-state index is 14.5. The maximum Gasteiger partial charge on any atom is 0.401 e. The predicted molar refractivity (Wildman–Crippen MR) is 149 cm³/mol. The minimum absolute atomic E-state index is 0.0503. The van der Waals surface area contributed by atoms with Crippen molar-refractivity contribution in [3.8, 4) is 0 Å². The number of Topliss-reactive ketones (excluding diaryl/α,β-unsaturated/α-hetero) is 2. The van der Waals surface area contributed by atoms with E-state index in [9.17, 15) is 22.8 Å². The first-order chi connectivity index (χ1) is 18.3. The van der Waals surface area contributed by atoms with Crippen LogP contribution in [0.5, 0.6) is 0 Å². The van der Waals surface area contributed by atoms with E-state index in [0.717, 1.165) is 44.9 Å². The second-order valence-electron chi connectivity index (χ2n) is 16.6. The lowest BCUT2D eigenvalue weighted by molar-refractivity contribution is -0.234. The Hall–Kier alpha value is -1.42. The van der Waals surface area contributed by atoms with Crippen LogP contribution in [-0.2, 0) is 9.59 Å². The van der Waals surface area contributed by atoms with Crippen molar-refractivity contribution >= 4 is 11.6 Å². The van der Waals surface area contributed by atoms with Crippen LogP contribution in [0.1, 0.15) is 106 Å². The first kappa shape index (κ1) is 30.1. The molecule has 224 valence electrons. The molecule has 0 heterocycles. The topological polar surface area (TPSA) is 50.5 Å². The molecular weight excluding hydrogens is 513 g/mol. The van der Waals surface area contributed by atoms with E-state index in [1.165, 1.54) is 0 Å². The summed E-state index contributed by atoms with van der Waals surface area (Å²) in [5, 5.41) is 2.77. The van der Waals surface area contributed by atoms with Crippen LogP contribution in [0.25, 0.3) is 4.85 Å². The van der Waals surface area contributed by atoms with Gasteiger partial charge in [0.15, 0.2) is 0 Å². The third-order valence-electron chi connectivity index (χ3n) is 13.9. The van der Waals surface area contributed by atoms with Crippen molar-refractivity contribution < 1.29 is 22.8 Å². The highest BCUT2D eigenvalue weighted by Gasteiger charge is 2.73. The molecule has 9 atom stereocenters. The second-order valence-corrected chi connectivity index (χ2v) is 16.6. The Kier molecular flexibility index (Phi) is 6.79. The van der Waals surface area contributed by atoms with Gasteiger partial charge < -0.3 is 10.2 Å². The molecule has 0 radical (unpaired) electrons. The molecule has 0 aromatic carbocycles. The fraction of sp³-hybridized carbons (Fsp3) is 0.909. The molecule has 1 N–H and O–H groups in total. The van der Waals surface area contributed by atoms with Crippen LogP contribution in [0.2, 0.25) is 0 Å². The summed E-state index contributed by atoms with van der Waals surface area (Å²) in [5.41, 5.74) is -1.51. The van der Waals surface area contributed by atoms with Crippen molar-refractivity contribution in [2.75, 3.05) is 13.1 Å². The number of rotatable bonds is 3. The molecule has 0 aromatic rings. The second kappa shape index (κ2) is 9.04. The number of hydrogen-bond donors (Lipinski definition) is 1. The van der Waals surface area contributed by atoms with E-state index in [1.807, 2.05) is 13.8 Å². The first-order valence-electron chi connectivity index (χ1n) is 15.5. The van der Waals surface area contributed by atoms with Crippen molar-refractivity contribution in [2.45, 2.75) is 118 Å². The van der Waals surface area contributed by atoms with Crippen LogP contribution in [0.15, 0.2) is 0 Å². The van der Waals surface area contributed by atoms with E-state index in [1.54, 1.807) is 0 Å². The van der Waals surface area contributed by atoms with Crippen LogP contribution in [0, 0.1) is 62.7 Å². The Morgan fingerprint density at radius 1 is 0.900 bits per heavy atom. The molecule has 5 saturated carbocycles. The first-order valence-corrected chi connectivity index (χ1v) is 15.5. The fourth-order valence-electron chi connectivity index (χ4n) is 11.6. The summed E-state index contributed by atoms with van der Waals surface area (Å²) < 4.78 is 39.4. The molecule has 5 rings (SSSR count). The number of carbonyl (C=O) groups is 2. The quantitative estimate of drug-likeness (QED) is 0.359. The predicted octanol–water partition coefficient (Wildman–Crippen LogP) is 7.67. The van der Waals surface area contributed by atoms with Gasteiger partial charge in [-0.25, -0.2) is 6.57 Å². The van der Waals surface area contributed by atoms with E-state index < -0.39 is 24.2 Å². The molecule has 0 saturated heterocycles. The van der Waals surface area contributed by atoms with Crippen molar-refractivity contribution in [1.29, 1.82) is 0 Å². The number of nitrogens with one attached hydrogen (secondary N) is 1. The zero-order valence-corrected chi connectivity index (χ0v) is 25.6. The lowest BCUT2D eigenvalue weighted by Crippen LogP contribution is -2.70. The average molecular weight is 563 g/mol. The maximum absolute atomic E-state index is 14.5. The van der Waals surface area contributed by atoms with E-state index in [0.29, 0.717) is 19.4 Å². The van der Waals surface area contributed by atoms with Gasteiger partial charge in [0.1, 0.15) is 5.78 Å². The van der Waals surface area contributed by atoms with Gasteiger partial charge in [-0.15, -0.1) is 0 Å². The van der Waals surface area contributed by atoms with Gasteiger partial charge in [-0.1, -0.05) is 48.5 Å². The van der Waals surface area contributed by atoms with Gasteiger partial charge >= 0.3 is 6.18 Å². The van der Waals surface area contributed by atoms with Crippen LogP contribution >= 0.6 is 0 Å². The van der Waals surface area contributed by atoms with Gasteiger partial charge in [-0.2, -0.15) is 13.2 Å². The van der Waals surface area contributed by atoms with Crippen LogP contribution in [0.3, 0.4) is 0 Å². The molecule has 7 heteroatoms. The average Bonchev–Trinajstić information content (AvgIpc) is 2.82. The fourth-order valence-corrected chi connectivity index (χ4v) is 11.6. The van der Waals surface area contributed by atoms with Crippen LogP contribution in [-0.4, -0.2) is 36.9 Å². The Balaban J connectivity index is 1.54.